The minimum Gasteiger partial charge on any atom is -0.399 e. The molecule has 0 atom stereocenters. The highest BCUT2D eigenvalue weighted by Crippen LogP contribution is 2.35. The maximum absolute atomic E-state index is 11.1. The van der Waals surface area contributed by atoms with Crippen molar-refractivity contribution in [3.05, 3.63) is 58.1 Å². The van der Waals surface area contributed by atoms with Crippen molar-refractivity contribution in [2.75, 3.05) is 20.0 Å². The number of nitro benzene ring substituents is 1. The van der Waals surface area contributed by atoms with Gasteiger partial charge in [-0.05, 0) is 30.3 Å². The van der Waals surface area contributed by atoms with Gasteiger partial charge in [0, 0.05) is 35.8 Å². The summed E-state index contributed by atoms with van der Waals surface area (Å²) in [6.07, 6.45) is -0.790. The molecule has 0 fully saturated rings. The van der Waals surface area contributed by atoms with E-state index in [2.05, 4.69) is 0 Å². The van der Waals surface area contributed by atoms with Crippen LogP contribution in [0.25, 0.3) is 0 Å². The van der Waals surface area contributed by atoms with Crippen molar-refractivity contribution in [2.45, 2.75) is 16.1 Å². The second kappa shape index (κ2) is 7.26. The Morgan fingerprint density at radius 1 is 1.14 bits per heavy atom. The first-order valence-corrected chi connectivity index (χ1v) is 7.24. The topological polar surface area (TPSA) is 87.6 Å². The van der Waals surface area contributed by atoms with Crippen LogP contribution in [0.3, 0.4) is 0 Å². The molecule has 7 heteroatoms. The molecule has 0 aliphatic rings. The number of ether oxygens (including phenoxy) is 2. The number of nitro groups is 1. The van der Waals surface area contributed by atoms with Crippen LogP contribution in [-0.2, 0) is 9.47 Å². The summed E-state index contributed by atoms with van der Waals surface area (Å²) < 4.78 is 10.3. The number of benzene rings is 2. The molecule has 0 aliphatic carbocycles. The van der Waals surface area contributed by atoms with Crippen LogP contribution in [0.1, 0.15) is 11.9 Å². The Kier molecular flexibility index (Phi) is 5.37. The van der Waals surface area contributed by atoms with Crippen molar-refractivity contribution in [3.8, 4) is 0 Å². The number of nitrogens with two attached hydrogens (primary N) is 1. The summed E-state index contributed by atoms with van der Waals surface area (Å²) in [5.41, 5.74) is 6.76. The van der Waals surface area contributed by atoms with Crippen LogP contribution in [0, 0.1) is 10.1 Å². The number of nitrogens with zero attached hydrogens (tertiary/aromatic N) is 1. The molecule has 2 aromatic rings. The summed E-state index contributed by atoms with van der Waals surface area (Å²) in [4.78, 5) is 12.5. The third kappa shape index (κ3) is 3.76. The third-order valence-corrected chi connectivity index (χ3v) is 3.95. The van der Waals surface area contributed by atoms with E-state index in [0.29, 0.717) is 11.3 Å². The van der Waals surface area contributed by atoms with Gasteiger partial charge in [0.2, 0.25) is 0 Å². The van der Waals surface area contributed by atoms with E-state index >= 15 is 0 Å². The van der Waals surface area contributed by atoms with Crippen molar-refractivity contribution >= 4 is 23.1 Å². The first-order valence-electron chi connectivity index (χ1n) is 6.42. The molecule has 116 valence electrons. The fraction of sp³-hybridized carbons (Fsp3) is 0.200. The van der Waals surface area contributed by atoms with Gasteiger partial charge in [0.1, 0.15) is 0 Å². The Balaban J connectivity index is 2.37. The number of hydrogen-bond acceptors (Lipinski definition) is 6. The minimum absolute atomic E-state index is 0.0365. The molecule has 0 unspecified atom stereocenters. The first kappa shape index (κ1) is 16.3. The normalized spacial score (nSPS) is 10.9. The van der Waals surface area contributed by atoms with Crippen molar-refractivity contribution < 1.29 is 14.4 Å². The quantitative estimate of drug-likeness (QED) is 0.378. The van der Waals surface area contributed by atoms with Crippen molar-refractivity contribution in [1.82, 2.24) is 0 Å². The standard InChI is InChI=1S/C15H16N2O4S/c1-20-15(21-2)13-9-12(6-7-14(13)17(18)19)22-11-5-3-4-10(16)8-11/h3-9,15H,16H2,1-2H3. The molecule has 0 bridgehead atoms. The molecule has 0 aliphatic heterocycles. The van der Waals surface area contributed by atoms with Crippen LogP contribution in [0.4, 0.5) is 11.4 Å². The Labute approximate surface area is 132 Å². The maximum atomic E-state index is 11.1. The lowest BCUT2D eigenvalue weighted by atomic mass is 10.1. The van der Waals surface area contributed by atoms with Gasteiger partial charge < -0.3 is 15.2 Å². The van der Waals surface area contributed by atoms with Crippen molar-refractivity contribution in [1.29, 1.82) is 0 Å². The van der Waals surface area contributed by atoms with E-state index in [1.54, 1.807) is 18.2 Å². The summed E-state index contributed by atoms with van der Waals surface area (Å²) in [6.45, 7) is 0. The average molecular weight is 320 g/mol. The van der Waals surface area contributed by atoms with Crippen molar-refractivity contribution in [2.24, 2.45) is 0 Å². The largest absolute Gasteiger partial charge is 0.399 e. The van der Waals surface area contributed by atoms with Crippen molar-refractivity contribution in [3.63, 3.8) is 0 Å². The predicted octanol–water partition coefficient (Wildman–Crippen LogP) is 3.62. The molecular weight excluding hydrogens is 304 g/mol. The summed E-state index contributed by atoms with van der Waals surface area (Å²) >= 11 is 1.46. The van der Waals surface area contributed by atoms with E-state index in [9.17, 15) is 10.1 Å². The van der Waals surface area contributed by atoms with E-state index in [0.717, 1.165) is 9.79 Å². The van der Waals surface area contributed by atoms with Gasteiger partial charge >= 0.3 is 0 Å². The second-order valence-corrected chi connectivity index (χ2v) is 5.60. The summed E-state index contributed by atoms with van der Waals surface area (Å²) in [5.74, 6) is 0. The molecule has 22 heavy (non-hydrogen) atoms. The molecule has 0 saturated heterocycles. The molecule has 0 aromatic heterocycles. The highest BCUT2D eigenvalue weighted by Gasteiger charge is 2.22. The van der Waals surface area contributed by atoms with Gasteiger partial charge in [-0.2, -0.15) is 0 Å². The number of anilines is 1. The Bertz CT molecular complexity index is 674. The molecule has 6 nitrogen and oxygen atoms in total. The first-order chi connectivity index (χ1) is 10.5. The smallest absolute Gasteiger partial charge is 0.277 e. The Morgan fingerprint density at radius 3 is 2.41 bits per heavy atom. The number of nitrogen functional groups attached to an aromatic ring is 1. The monoisotopic (exact) mass is 320 g/mol. The number of hydrogen-bond donors (Lipinski definition) is 1. The molecule has 2 N–H and O–H groups in total. The van der Waals surface area contributed by atoms with Crippen LogP contribution in [0.2, 0.25) is 0 Å². The van der Waals surface area contributed by atoms with E-state index in [4.69, 9.17) is 15.2 Å². The van der Waals surface area contributed by atoms with Gasteiger partial charge in [-0.1, -0.05) is 17.8 Å². The van der Waals surface area contributed by atoms with Crippen LogP contribution in [-0.4, -0.2) is 19.1 Å². The minimum atomic E-state index is -0.790. The lowest BCUT2D eigenvalue weighted by Gasteiger charge is -2.14. The van der Waals surface area contributed by atoms with Crippen LogP contribution < -0.4 is 5.73 Å². The zero-order valence-electron chi connectivity index (χ0n) is 12.2. The second-order valence-electron chi connectivity index (χ2n) is 4.46. The fourth-order valence-electron chi connectivity index (χ4n) is 2.02. The molecule has 0 radical (unpaired) electrons. The van der Waals surface area contributed by atoms with E-state index < -0.39 is 11.2 Å². The zero-order chi connectivity index (χ0) is 16.1. The van der Waals surface area contributed by atoms with E-state index in [1.807, 2.05) is 18.2 Å². The molecule has 0 spiro atoms. The SMILES string of the molecule is COC(OC)c1cc(Sc2cccc(N)c2)ccc1[N+](=O)[O-]. The summed E-state index contributed by atoms with van der Waals surface area (Å²) in [6, 6.07) is 12.3. The van der Waals surface area contributed by atoms with Gasteiger partial charge in [-0.3, -0.25) is 10.1 Å². The molecule has 2 rings (SSSR count). The lowest BCUT2D eigenvalue weighted by molar-refractivity contribution is -0.387. The number of rotatable bonds is 6. The highest BCUT2D eigenvalue weighted by atomic mass is 32.2. The number of methoxy groups -OCH3 is 2. The summed E-state index contributed by atoms with van der Waals surface area (Å²) in [7, 11) is 2.88. The molecule has 0 amide bonds. The molecule has 0 saturated carbocycles. The highest BCUT2D eigenvalue weighted by molar-refractivity contribution is 7.99. The molecule has 2 aromatic carbocycles. The maximum Gasteiger partial charge on any atom is 0.277 e. The predicted molar refractivity (Wildman–Crippen MR) is 84.8 cm³/mol. The van der Waals surface area contributed by atoms with Gasteiger partial charge in [0.05, 0.1) is 10.5 Å². The van der Waals surface area contributed by atoms with E-state index in [1.165, 1.54) is 32.0 Å². The van der Waals surface area contributed by atoms with Crippen LogP contribution in [0.15, 0.2) is 52.3 Å². The molecule has 0 heterocycles. The van der Waals surface area contributed by atoms with Gasteiger partial charge in [0.25, 0.3) is 5.69 Å². The fourth-order valence-corrected chi connectivity index (χ4v) is 2.95. The van der Waals surface area contributed by atoms with Gasteiger partial charge in [0.15, 0.2) is 6.29 Å². The average Bonchev–Trinajstić information content (AvgIpc) is 2.48. The third-order valence-electron chi connectivity index (χ3n) is 2.97. The van der Waals surface area contributed by atoms with Gasteiger partial charge in [-0.15, -0.1) is 0 Å². The molecular formula is C15H16N2O4S. The van der Waals surface area contributed by atoms with E-state index in [-0.39, 0.29) is 5.69 Å². The van der Waals surface area contributed by atoms with Crippen LogP contribution >= 0.6 is 11.8 Å². The van der Waals surface area contributed by atoms with Crippen LogP contribution in [0.5, 0.6) is 0 Å². The lowest BCUT2D eigenvalue weighted by Crippen LogP contribution is -2.07. The van der Waals surface area contributed by atoms with Gasteiger partial charge in [-0.25, -0.2) is 0 Å². The summed E-state index contributed by atoms with van der Waals surface area (Å²) in [5, 5.41) is 11.1. The Morgan fingerprint density at radius 2 is 1.82 bits per heavy atom. The zero-order valence-corrected chi connectivity index (χ0v) is 13.0. The Hall–Kier alpha value is -2.09.